The Hall–Kier alpha value is -0.540. The van der Waals surface area contributed by atoms with Crippen molar-refractivity contribution in [3.8, 4) is 0 Å². The Bertz CT molecular complexity index is 300. The molecule has 0 saturated carbocycles. The molecule has 2 heterocycles. The van der Waals surface area contributed by atoms with Gasteiger partial charge in [-0.1, -0.05) is 0 Å². The summed E-state index contributed by atoms with van der Waals surface area (Å²) in [7, 11) is 1.92. The van der Waals surface area contributed by atoms with E-state index in [0.717, 1.165) is 25.0 Å². The SMILES string of the molecule is Cn1cc(C2OCCCC2CCl)cn1. The molecule has 1 fully saturated rings. The second-order valence-electron chi connectivity index (χ2n) is 3.80. The van der Waals surface area contributed by atoms with Crippen LogP contribution in [0.1, 0.15) is 24.5 Å². The molecule has 0 bridgehead atoms. The van der Waals surface area contributed by atoms with Gasteiger partial charge in [-0.2, -0.15) is 5.10 Å². The van der Waals surface area contributed by atoms with E-state index in [-0.39, 0.29) is 6.10 Å². The topological polar surface area (TPSA) is 27.1 Å². The van der Waals surface area contributed by atoms with Crippen LogP contribution in [0.4, 0.5) is 0 Å². The van der Waals surface area contributed by atoms with Gasteiger partial charge >= 0.3 is 0 Å². The molecular formula is C10H15ClN2O. The van der Waals surface area contributed by atoms with Gasteiger partial charge in [-0.3, -0.25) is 4.68 Å². The lowest BCUT2D eigenvalue weighted by atomic mass is 9.93. The van der Waals surface area contributed by atoms with Gasteiger partial charge in [0.05, 0.1) is 12.3 Å². The number of aromatic nitrogens is 2. The maximum absolute atomic E-state index is 5.92. The van der Waals surface area contributed by atoms with Crippen LogP contribution in [0.5, 0.6) is 0 Å². The zero-order valence-electron chi connectivity index (χ0n) is 8.32. The molecule has 0 radical (unpaired) electrons. The molecule has 2 unspecified atom stereocenters. The van der Waals surface area contributed by atoms with Crippen LogP contribution in [0.25, 0.3) is 0 Å². The number of rotatable bonds is 2. The second kappa shape index (κ2) is 4.32. The minimum atomic E-state index is 0.148. The van der Waals surface area contributed by atoms with Crippen molar-refractivity contribution in [2.75, 3.05) is 12.5 Å². The fourth-order valence-electron chi connectivity index (χ4n) is 1.96. The highest BCUT2D eigenvalue weighted by Gasteiger charge is 2.27. The van der Waals surface area contributed by atoms with Crippen LogP contribution in [-0.4, -0.2) is 22.3 Å². The van der Waals surface area contributed by atoms with E-state index in [4.69, 9.17) is 16.3 Å². The minimum Gasteiger partial charge on any atom is -0.373 e. The van der Waals surface area contributed by atoms with Gasteiger partial charge in [0.25, 0.3) is 0 Å². The van der Waals surface area contributed by atoms with Crippen LogP contribution in [-0.2, 0) is 11.8 Å². The smallest absolute Gasteiger partial charge is 0.0894 e. The van der Waals surface area contributed by atoms with Crippen molar-refractivity contribution in [3.63, 3.8) is 0 Å². The first-order valence-electron chi connectivity index (χ1n) is 4.97. The van der Waals surface area contributed by atoms with Crippen molar-refractivity contribution >= 4 is 11.6 Å². The van der Waals surface area contributed by atoms with Crippen molar-refractivity contribution in [3.05, 3.63) is 18.0 Å². The van der Waals surface area contributed by atoms with E-state index in [1.807, 2.05) is 19.4 Å². The lowest BCUT2D eigenvalue weighted by molar-refractivity contribution is -0.0208. The summed E-state index contributed by atoms with van der Waals surface area (Å²) in [6.45, 7) is 0.840. The predicted molar refractivity (Wildman–Crippen MR) is 55.3 cm³/mol. The van der Waals surface area contributed by atoms with Crippen molar-refractivity contribution in [1.82, 2.24) is 9.78 Å². The Morgan fingerprint density at radius 3 is 3.21 bits per heavy atom. The van der Waals surface area contributed by atoms with Gasteiger partial charge in [0.15, 0.2) is 0 Å². The van der Waals surface area contributed by atoms with Gasteiger partial charge in [-0.25, -0.2) is 0 Å². The fraction of sp³-hybridized carbons (Fsp3) is 0.700. The number of hydrogen-bond donors (Lipinski definition) is 0. The highest BCUT2D eigenvalue weighted by Crippen LogP contribution is 2.33. The van der Waals surface area contributed by atoms with Crippen LogP contribution in [0.15, 0.2) is 12.4 Å². The fourth-order valence-corrected chi connectivity index (χ4v) is 2.27. The molecule has 0 amide bonds. The van der Waals surface area contributed by atoms with Crippen LogP contribution >= 0.6 is 11.6 Å². The summed E-state index contributed by atoms with van der Waals surface area (Å²) in [4.78, 5) is 0. The molecule has 4 heteroatoms. The third-order valence-corrected chi connectivity index (χ3v) is 3.09. The average molecular weight is 215 g/mol. The highest BCUT2D eigenvalue weighted by molar-refractivity contribution is 6.18. The third kappa shape index (κ3) is 1.93. The van der Waals surface area contributed by atoms with E-state index >= 15 is 0 Å². The quantitative estimate of drug-likeness (QED) is 0.706. The average Bonchev–Trinajstić information content (AvgIpc) is 2.65. The molecule has 1 aliphatic rings. The van der Waals surface area contributed by atoms with E-state index in [0.29, 0.717) is 11.8 Å². The molecule has 78 valence electrons. The molecule has 0 aromatic carbocycles. The normalized spacial score (nSPS) is 27.9. The Morgan fingerprint density at radius 1 is 1.71 bits per heavy atom. The van der Waals surface area contributed by atoms with Crippen LogP contribution in [0, 0.1) is 5.92 Å². The zero-order valence-corrected chi connectivity index (χ0v) is 9.07. The molecule has 0 N–H and O–H groups in total. The Labute approximate surface area is 89.0 Å². The summed E-state index contributed by atoms with van der Waals surface area (Å²) in [5, 5.41) is 4.15. The van der Waals surface area contributed by atoms with Crippen molar-refractivity contribution in [2.24, 2.45) is 13.0 Å². The van der Waals surface area contributed by atoms with Gasteiger partial charge in [-0.05, 0) is 12.8 Å². The highest BCUT2D eigenvalue weighted by atomic mass is 35.5. The number of aryl methyl sites for hydroxylation is 1. The summed E-state index contributed by atoms with van der Waals surface area (Å²) < 4.78 is 7.55. The molecular weight excluding hydrogens is 200 g/mol. The number of alkyl halides is 1. The lowest BCUT2D eigenvalue weighted by Gasteiger charge is -2.29. The van der Waals surface area contributed by atoms with E-state index in [1.165, 1.54) is 0 Å². The third-order valence-electron chi connectivity index (χ3n) is 2.70. The molecule has 1 aromatic rings. The Morgan fingerprint density at radius 2 is 2.57 bits per heavy atom. The Balaban J connectivity index is 2.14. The molecule has 1 saturated heterocycles. The lowest BCUT2D eigenvalue weighted by Crippen LogP contribution is -2.23. The Kier molecular flexibility index (Phi) is 3.08. The molecule has 2 atom stereocenters. The van der Waals surface area contributed by atoms with Crippen molar-refractivity contribution in [2.45, 2.75) is 18.9 Å². The number of halogens is 1. The first kappa shape index (κ1) is 9.99. The summed E-state index contributed by atoms with van der Waals surface area (Å²) in [6, 6.07) is 0. The summed E-state index contributed by atoms with van der Waals surface area (Å²) in [5.41, 5.74) is 1.15. The van der Waals surface area contributed by atoms with Crippen molar-refractivity contribution < 1.29 is 4.74 Å². The molecule has 0 aliphatic carbocycles. The van der Waals surface area contributed by atoms with Crippen LogP contribution in [0.3, 0.4) is 0 Å². The summed E-state index contributed by atoms with van der Waals surface area (Å²) in [5.74, 6) is 1.11. The maximum atomic E-state index is 5.92. The molecule has 1 aromatic heterocycles. The van der Waals surface area contributed by atoms with Gasteiger partial charge in [0.2, 0.25) is 0 Å². The van der Waals surface area contributed by atoms with E-state index < -0.39 is 0 Å². The second-order valence-corrected chi connectivity index (χ2v) is 4.10. The zero-order chi connectivity index (χ0) is 9.97. The number of ether oxygens (including phenoxy) is 1. The van der Waals surface area contributed by atoms with Gasteiger partial charge < -0.3 is 4.74 Å². The standard InChI is InChI=1S/C10H15ClN2O/c1-13-7-9(6-12-13)10-8(5-11)3-2-4-14-10/h6-8,10H,2-5H2,1H3. The summed E-state index contributed by atoms with van der Waals surface area (Å²) in [6.07, 6.45) is 6.30. The van der Waals surface area contributed by atoms with E-state index in [2.05, 4.69) is 5.10 Å². The minimum absolute atomic E-state index is 0.148. The predicted octanol–water partition coefficient (Wildman–Crippen LogP) is 2.13. The molecule has 2 rings (SSSR count). The number of hydrogen-bond acceptors (Lipinski definition) is 2. The van der Waals surface area contributed by atoms with Gasteiger partial charge in [0, 0.05) is 37.2 Å². The number of nitrogens with zero attached hydrogens (tertiary/aromatic N) is 2. The summed E-state index contributed by atoms with van der Waals surface area (Å²) >= 11 is 5.92. The molecule has 1 aliphatic heterocycles. The van der Waals surface area contributed by atoms with E-state index in [1.54, 1.807) is 4.68 Å². The first-order valence-corrected chi connectivity index (χ1v) is 5.51. The monoisotopic (exact) mass is 214 g/mol. The van der Waals surface area contributed by atoms with Gasteiger partial charge in [-0.15, -0.1) is 11.6 Å². The van der Waals surface area contributed by atoms with Crippen LogP contribution in [0.2, 0.25) is 0 Å². The van der Waals surface area contributed by atoms with Crippen LogP contribution < -0.4 is 0 Å². The largest absolute Gasteiger partial charge is 0.373 e. The molecule has 3 nitrogen and oxygen atoms in total. The molecule has 0 spiro atoms. The molecule has 14 heavy (non-hydrogen) atoms. The first-order chi connectivity index (χ1) is 6.81. The van der Waals surface area contributed by atoms with Crippen molar-refractivity contribution in [1.29, 1.82) is 0 Å². The van der Waals surface area contributed by atoms with E-state index in [9.17, 15) is 0 Å². The maximum Gasteiger partial charge on any atom is 0.0894 e. The van der Waals surface area contributed by atoms with Gasteiger partial charge in [0.1, 0.15) is 0 Å².